The number of likely N-dealkylation sites (tertiary alicyclic amines) is 1. The number of aromatic nitrogens is 5. The molecule has 8 rings (SSSR count). The molecule has 3 N–H and O–H groups in total. The second kappa shape index (κ2) is 17.8. The number of benzene rings is 3. The van der Waals surface area contributed by atoms with Gasteiger partial charge in [-0.2, -0.15) is 8.75 Å². The smallest absolute Gasteiger partial charge is 0.263 e. The summed E-state index contributed by atoms with van der Waals surface area (Å²) in [6.45, 7) is 4.06. The van der Waals surface area contributed by atoms with Gasteiger partial charge in [0, 0.05) is 71.2 Å². The van der Waals surface area contributed by atoms with E-state index in [1.165, 1.54) is 18.2 Å². The highest BCUT2D eigenvalue weighted by atomic mass is 35.5. The van der Waals surface area contributed by atoms with E-state index in [1.807, 2.05) is 59.6 Å². The summed E-state index contributed by atoms with van der Waals surface area (Å²) in [7, 11) is -7.28. The lowest BCUT2D eigenvalue weighted by Crippen LogP contribution is -2.38. The first-order valence-corrected chi connectivity index (χ1v) is 22.9. The van der Waals surface area contributed by atoms with Crippen molar-refractivity contribution in [2.24, 2.45) is 0 Å². The first kappa shape index (κ1) is 39.8. The zero-order chi connectivity index (χ0) is 39.1. The number of sulfonamides is 2. The third kappa shape index (κ3) is 9.91. The second-order valence-electron chi connectivity index (χ2n) is 13.5. The van der Waals surface area contributed by atoms with Crippen LogP contribution >= 0.6 is 34.7 Å². The van der Waals surface area contributed by atoms with Gasteiger partial charge >= 0.3 is 0 Å². The molecular formula is C37H40ClN9O5S4. The number of nitrogens with one attached hydrogen (secondary N) is 3. The lowest BCUT2D eigenvalue weighted by molar-refractivity contribution is -0.132. The van der Waals surface area contributed by atoms with Crippen molar-refractivity contribution in [2.75, 3.05) is 35.6 Å². The maximum atomic E-state index is 12.8. The van der Waals surface area contributed by atoms with Gasteiger partial charge in [0.2, 0.25) is 16.2 Å². The molecule has 0 saturated carbocycles. The summed E-state index contributed by atoms with van der Waals surface area (Å²) in [5.41, 5.74) is 3.36. The predicted octanol–water partition coefficient (Wildman–Crippen LogP) is 6.55. The summed E-state index contributed by atoms with van der Waals surface area (Å²) < 4.78 is 64.0. The van der Waals surface area contributed by atoms with Crippen LogP contribution in [-0.4, -0.2) is 77.1 Å². The molecule has 1 amide bonds. The summed E-state index contributed by atoms with van der Waals surface area (Å²) in [6, 6.07) is 21.9. The molecule has 5 heterocycles. The lowest BCUT2D eigenvalue weighted by Gasteiger charge is -2.32. The van der Waals surface area contributed by atoms with Crippen LogP contribution in [0.5, 0.6) is 0 Å². The van der Waals surface area contributed by atoms with Crippen molar-refractivity contribution >= 4 is 81.8 Å². The first-order valence-electron chi connectivity index (χ1n) is 18.1. The molecule has 2 saturated heterocycles. The van der Waals surface area contributed by atoms with Crippen LogP contribution in [0.15, 0.2) is 101 Å². The molecule has 0 unspecified atom stereocenters. The fourth-order valence-electron chi connectivity index (χ4n) is 6.98. The van der Waals surface area contributed by atoms with Gasteiger partial charge < -0.3 is 14.8 Å². The Hall–Kier alpha value is -4.46. The van der Waals surface area contributed by atoms with Crippen LogP contribution in [0.2, 0.25) is 5.02 Å². The standard InChI is InChI=1S/C24H24ClN5O3S2.C13H16N4O2S2/c25-20-3-6-22-19(15-20)9-11-29(22)14-10-23(31)30-12-7-18(8-13-30)17-1-4-21(5-2-17)35(32,33)28-24-26-16-27-34-24;18-21(19,17-13-15-9-16-20-13)12-3-1-10(2-4-12)11-5-7-14-8-6-11/h1-6,9,11,15-16,18H,7-8,10,12-14H2,(H,26,27,28);1-4,9,11,14H,5-8H2,(H,15,16,17). The molecule has 0 atom stereocenters. The van der Waals surface area contributed by atoms with Gasteiger partial charge in [0.05, 0.1) is 9.79 Å². The maximum Gasteiger partial charge on any atom is 0.263 e. The van der Waals surface area contributed by atoms with Crippen LogP contribution < -0.4 is 14.8 Å². The molecule has 0 radical (unpaired) electrons. The van der Waals surface area contributed by atoms with Crippen LogP contribution in [0.4, 0.5) is 10.3 Å². The largest absolute Gasteiger partial charge is 0.347 e. The summed E-state index contributed by atoms with van der Waals surface area (Å²) in [5.74, 6) is 0.965. The Labute approximate surface area is 338 Å². The van der Waals surface area contributed by atoms with E-state index in [0.717, 1.165) is 78.3 Å². The summed E-state index contributed by atoms with van der Waals surface area (Å²) >= 11 is 8.06. The number of carbonyl (C=O) groups excluding carboxylic acids is 1. The molecule has 19 heteroatoms. The van der Waals surface area contributed by atoms with Gasteiger partial charge in [0.15, 0.2) is 0 Å². The van der Waals surface area contributed by atoms with Crippen molar-refractivity contribution in [3.8, 4) is 0 Å². The summed E-state index contributed by atoms with van der Waals surface area (Å²) in [6.07, 6.45) is 8.96. The Balaban J connectivity index is 0.000000195. The van der Waals surface area contributed by atoms with Gasteiger partial charge in [0.25, 0.3) is 20.0 Å². The fraction of sp³-hybridized carbons (Fsp3) is 0.324. The topological polar surface area (TPSA) is 181 Å². The molecule has 56 heavy (non-hydrogen) atoms. The quantitative estimate of drug-likeness (QED) is 0.129. The van der Waals surface area contributed by atoms with Gasteiger partial charge in [-0.3, -0.25) is 14.2 Å². The van der Waals surface area contributed by atoms with Gasteiger partial charge in [0.1, 0.15) is 12.7 Å². The van der Waals surface area contributed by atoms with E-state index in [2.05, 4.69) is 38.0 Å². The van der Waals surface area contributed by atoms with Gasteiger partial charge in [-0.25, -0.2) is 26.8 Å². The van der Waals surface area contributed by atoms with Crippen molar-refractivity contribution in [3.63, 3.8) is 0 Å². The van der Waals surface area contributed by atoms with Crippen molar-refractivity contribution in [1.29, 1.82) is 0 Å². The molecule has 0 spiro atoms. The Bertz CT molecular complexity index is 2430. The Morgan fingerprint density at radius 1 is 0.750 bits per heavy atom. The number of fused-ring (bicyclic) bond motifs is 1. The number of halogens is 1. The maximum absolute atomic E-state index is 12.8. The van der Waals surface area contributed by atoms with E-state index in [0.29, 0.717) is 42.9 Å². The molecule has 3 aromatic carbocycles. The Kier molecular flexibility index (Phi) is 12.6. The van der Waals surface area contributed by atoms with Gasteiger partial charge in [-0.1, -0.05) is 35.9 Å². The average molecular weight is 855 g/mol. The number of carbonyl (C=O) groups is 1. The monoisotopic (exact) mass is 853 g/mol. The van der Waals surface area contributed by atoms with Crippen LogP contribution in [0.1, 0.15) is 55.1 Å². The third-order valence-corrected chi connectivity index (χ3v) is 14.3. The van der Waals surface area contributed by atoms with Crippen molar-refractivity contribution < 1.29 is 21.6 Å². The molecule has 3 aromatic heterocycles. The van der Waals surface area contributed by atoms with E-state index in [9.17, 15) is 21.6 Å². The number of hydrogen-bond donors (Lipinski definition) is 3. The summed E-state index contributed by atoms with van der Waals surface area (Å²) in [5, 5.41) is 5.61. The number of amides is 1. The third-order valence-electron chi connectivity index (χ3n) is 9.98. The number of piperidine rings is 2. The predicted molar refractivity (Wildman–Crippen MR) is 219 cm³/mol. The van der Waals surface area contributed by atoms with Crippen LogP contribution in [0, 0.1) is 0 Å². The number of anilines is 2. The van der Waals surface area contributed by atoms with Crippen LogP contribution in [0.25, 0.3) is 10.9 Å². The second-order valence-corrected chi connectivity index (χ2v) is 18.8. The number of rotatable bonds is 11. The molecule has 14 nitrogen and oxygen atoms in total. The van der Waals surface area contributed by atoms with E-state index in [-0.39, 0.29) is 26.0 Å². The van der Waals surface area contributed by atoms with Crippen molar-refractivity contribution in [3.05, 3.63) is 108 Å². The normalized spacial score (nSPS) is 15.6. The molecule has 2 aliphatic heterocycles. The zero-order valence-corrected chi connectivity index (χ0v) is 34.1. The average Bonchev–Trinajstić information content (AvgIpc) is 4.01. The SMILES string of the molecule is O=C(CCn1ccc2cc(Cl)ccc21)N1CCC(c2ccc(S(=O)(=O)Nc3ncns3)cc2)CC1.O=S(=O)(Nc1ncns1)c1ccc(C2CCNCC2)cc1. The highest BCUT2D eigenvalue weighted by molar-refractivity contribution is 7.93. The molecule has 0 aliphatic carbocycles. The number of nitrogens with zero attached hydrogens (tertiary/aromatic N) is 6. The fourth-order valence-corrected chi connectivity index (χ4v) is 10.5. The van der Waals surface area contributed by atoms with E-state index < -0.39 is 20.0 Å². The zero-order valence-electron chi connectivity index (χ0n) is 30.1. The first-order chi connectivity index (χ1) is 27.0. The lowest BCUT2D eigenvalue weighted by atomic mass is 9.89. The summed E-state index contributed by atoms with van der Waals surface area (Å²) in [4.78, 5) is 22.9. The van der Waals surface area contributed by atoms with E-state index >= 15 is 0 Å². The minimum absolute atomic E-state index is 0.156. The molecular weight excluding hydrogens is 814 g/mol. The van der Waals surface area contributed by atoms with Crippen molar-refractivity contribution in [1.82, 2.24) is 33.5 Å². The van der Waals surface area contributed by atoms with E-state index in [4.69, 9.17) is 11.6 Å². The van der Waals surface area contributed by atoms with Crippen LogP contribution in [-0.2, 0) is 31.4 Å². The van der Waals surface area contributed by atoms with Gasteiger partial charge in [-0.05, 0) is 110 Å². The molecule has 294 valence electrons. The molecule has 2 aliphatic rings. The molecule has 6 aromatic rings. The van der Waals surface area contributed by atoms with Crippen molar-refractivity contribution in [2.45, 2.75) is 60.3 Å². The minimum Gasteiger partial charge on any atom is -0.347 e. The Morgan fingerprint density at radius 2 is 1.29 bits per heavy atom. The highest BCUT2D eigenvalue weighted by Gasteiger charge is 2.25. The highest BCUT2D eigenvalue weighted by Crippen LogP contribution is 2.30. The van der Waals surface area contributed by atoms with Crippen LogP contribution in [0.3, 0.4) is 0 Å². The number of hydrogen-bond acceptors (Lipinski definition) is 12. The van der Waals surface area contributed by atoms with E-state index in [1.54, 1.807) is 24.3 Å². The Morgan fingerprint density at radius 3 is 1.80 bits per heavy atom. The molecule has 0 bridgehead atoms. The number of aryl methyl sites for hydroxylation is 1. The van der Waals surface area contributed by atoms with Gasteiger partial charge in [-0.15, -0.1) is 0 Å². The molecule has 2 fully saturated rings. The minimum atomic E-state index is -3.70.